The number of thiophene rings is 1. The average molecular weight is 321 g/mol. The molecule has 7 nitrogen and oxygen atoms in total. The number of Topliss-reactive ketones (excluding diaryl/α,β-unsaturated/α-hetero) is 1. The minimum absolute atomic E-state index is 0.0690. The lowest BCUT2D eigenvalue weighted by molar-refractivity contribution is -0.380. The van der Waals surface area contributed by atoms with E-state index >= 15 is 0 Å². The van der Waals surface area contributed by atoms with Crippen molar-refractivity contribution in [3.63, 3.8) is 0 Å². The van der Waals surface area contributed by atoms with Crippen molar-refractivity contribution < 1.29 is 24.0 Å². The van der Waals surface area contributed by atoms with Crippen LogP contribution in [-0.4, -0.2) is 30.4 Å². The molecule has 2 rings (SSSR count). The van der Waals surface area contributed by atoms with Gasteiger partial charge in [-0.2, -0.15) is 0 Å². The lowest BCUT2D eigenvalue weighted by Gasteiger charge is -2.07. The highest BCUT2D eigenvalue weighted by molar-refractivity contribution is 7.17. The maximum atomic E-state index is 12.0. The second-order valence-corrected chi connectivity index (χ2v) is 5.16. The predicted octanol–water partition coefficient (Wildman–Crippen LogP) is 2.70. The molecule has 0 radical (unpaired) electrons. The van der Waals surface area contributed by atoms with Gasteiger partial charge in [-0.1, -0.05) is 23.5 Å². The van der Waals surface area contributed by atoms with Gasteiger partial charge < -0.3 is 9.47 Å². The van der Waals surface area contributed by atoms with Gasteiger partial charge in [0.25, 0.3) is 0 Å². The minimum atomic E-state index is -0.777. The Balaban J connectivity index is 2.01. The number of ether oxygens (including phenoxy) is 2. The number of nitrogens with zero attached hydrogens (tertiary/aromatic N) is 1. The van der Waals surface area contributed by atoms with Crippen molar-refractivity contribution in [1.82, 2.24) is 0 Å². The summed E-state index contributed by atoms with van der Waals surface area (Å²) in [6.07, 6.45) is 0. The maximum absolute atomic E-state index is 12.0. The molecule has 0 saturated carbocycles. The van der Waals surface area contributed by atoms with Gasteiger partial charge in [-0.05, 0) is 18.2 Å². The Kier molecular flexibility index (Phi) is 4.84. The fourth-order valence-electron chi connectivity index (χ4n) is 1.69. The Bertz CT molecular complexity index is 724. The van der Waals surface area contributed by atoms with Crippen LogP contribution in [0.5, 0.6) is 5.75 Å². The molecule has 0 spiro atoms. The molecule has 8 heteroatoms. The van der Waals surface area contributed by atoms with Crippen LogP contribution < -0.4 is 4.74 Å². The van der Waals surface area contributed by atoms with Crippen LogP contribution in [0.3, 0.4) is 0 Å². The third-order valence-electron chi connectivity index (χ3n) is 2.71. The normalized spacial score (nSPS) is 10.0. The lowest BCUT2D eigenvalue weighted by atomic mass is 10.1. The monoisotopic (exact) mass is 321 g/mol. The van der Waals surface area contributed by atoms with Crippen LogP contribution in [0.4, 0.5) is 5.00 Å². The van der Waals surface area contributed by atoms with Gasteiger partial charge in [-0.3, -0.25) is 14.9 Å². The first-order chi connectivity index (χ1) is 10.5. The van der Waals surface area contributed by atoms with Crippen molar-refractivity contribution in [3.8, 4) is 5.75 Å². The van der Waals surface area contributed by atoms with Gasteiger partial charge in [-0.25, -0.2) is 4.79 Å². The highest BCUT2D eigenvalue weighted by Gasteiger charge is 2.19. The molecule has 22 heavy (non-hydrogen) atoms. The number of hydrogen-bond acceptors (Lipinski definition) is 7. The number of methoxy groups -OCH3 is 1. The summed E-state index contributed by atoms with van der Waals surface area (Å²) in [5, 5.41) is 10.4. The molecule has 0 saturated heterocycles. The van der Waals surface area contributed by atoms with Gasteiger partial charge in [0, 0.05) is 6.07 Å². The van der Waals surface area contributed by atoms with Gasteiger partial charge in [0.1, 0.15) is 10.6 Å². The Hall–Kier alpha value is -2.74. The number of benzene rings is 1. The molecular weight excluding hydrogens is 310 g/mol. The number of carbonyl (C=O) groups excluding carboxylic acids is 2. The zero-order chi connectivity index (χ0) is 16.1. The van der Waals surface area contributed by atoms with Crippen molar-refractivity contribution in [3.05, 3.63) is 57.0 Å². The Morgan fingerprint density at radius 3 is 2.59 bits per heavy atom. The summed E-state index contributed by atoms with van der Waals surface area (Å²) >= 11 is 0.695. The van der Waals surface area contributed by atoms with E-state index in [0.29, 0.717) is 22.6 Å². The number of esters is 1. The SMILES string of the molecule is COc1ccccc1C(=O)COC(=O)c1ccc([N+](=O)[O-])s1. The molecule has 0 unspecified atom stereocenters. The molecule has 1 aromatic heterocycles. The summed E-state index contributed by atoms with van der Waals surface area (Å²) in [7, 11) is 1.43. The van der Waals surface area contributed by atoms with Gasteiger partial charge >= 0.3 is 11.0 Å². The number of rotatable bonds is 6. The van der Waals surface area contributed by atoms with Crippen molar-refractivity contribution in [1.29, 1.82) is 0 Å². The van der Waals surface area contributed by atoms with Crippen LogP contribution >= 0.6 is 11.3 Å². The van der Waals surface area contributed by atoms with Crippen LogP contribution in [0.15, 0.2) is 36.4 Å². The number of para-hydroxylation sites is 1. The Morgan fingerprint density at radius 1 is 1.23 bits per heavy atom. The van der Waals surface area contributed by atoms with Crippen LogP contribution in [-0.2, 0) is 4.74 Å². The first-order valence-electron chi connectivity index (χ1n) is 6.10. The van der Waals surface area contributed by atoms with Gasteiger partial charge in [0.15, 0.2) is 6.61 Å². The quantitative estimate of drug-likeness (QED) is 0.351. The number of ketones is 1. The van der Waals surface area contributed by atoms with Crippen LogP contribution in [0.2, 0.25) is 0 Å². The number of hydrogen-bond donors (Lipinski definition) is 0. The van der Waals surface area contributed by atoms with E-state index in [9.17, 15) is 19.7 Å². The number of nitro groups is 1. The van der Waals surface area contributed by atoms with E-state index in [1.807, 2.05) is 0 Å². The standard InChI is InChI=1S/C14H11NO6S/c1-20-11-5-3-2-4-9(11)10(16)8-21-14(17)12-6-7-13(22-12)15(18)19/h2-7H,8H2,1H3. The minimum Gasteiger partial charge on any atom is -0.496 e. The van der Waals surface area contributed by atoms with Crippen molar-refractivity contribution in [2.45, 2.75) is 0 Å². The molecule has 0 bridgehead atoms. The summed E-state index contributed by atoms with van der Waals surface area (Å²) in [6.45, 7) is -0.467. The van der Waals surface area contributed by atoms with Crippen LogP contribution in [0.1, 0.15) is 20.0 Å². The molecule has 0 N–H and O–H groups in total. The zero-order valence-corrected chi connectivity index (χ0v) is 12.3. The summed E-state index contributed by atoms with van der Waals surface area (Å²) in [4.78, 5) is 33.8. The first kappa shape index (κ1) is 15.6. The zero-order valence-electron chi connectivity index (χ0n) is 11.5. The Labute approximate surface area is 129 Å². The predicted molar refractivity (Wildman–Crippen MR) is 78.6 cm³/mol. The van der Waals surface area contributed by atoms with Gasteiger partial charge in [0.05, 0.1) is 17.6 Å². The third kappa shape index (κ3) is 3.47. The Morgan fingerprint density at radius 2 is 1.95 bits per heavy atom. The fraction of sp³-hybridized carbons (Fsp3) is 0.143. The molecular formula is C14H11NO6S. The van der Waals surface area contributed by atoms with Gasteiger partial charge in [0.2, 0.25) is 5.78 Å². The van der Waals surface area contributed by atoms with E-state index < -0.39 is 23.3 Å². The second kappa shape index (κ2) is 6.81. The second-order valence-electron chi connectivity index (χ2n) is 4.09. The topological polar surface area (TPSA) is 95.7 Å². The number of carbonyl (C=O) groups is 2. The fourth-order valence-corrected chi connectivity index (χ4v) is 2.40. The molecule has 0 amide bonds. The largest absolute Gasteiger partial charge is 0.496 e. The highest BCUT2D eigenvalue weighted by Crippen LogP contribution is 2.24. The summed E-state index contributed by atoms with van der Waals surface area (Å²) < 4.78 is 9.93. The summed E-state index contributed by atoms with van der Waals surface area (Å²) in [5.41, 5.74) is 0.301. The average Bonchev–Trinajstić information content (AvgIpc) is 3.02. The molecule has 0 fully saturated rings. The molecule has 0 aliphatic heterocycles. The van der Waals surface area contributed by atoms with Crippen molar-refractivity contribution in [2.75, 3.05) is 13.7 Å². The van der Waals surface area contributed by atoms with E-state index in [1.54, 1.807) is 24.3 Å². The molecule has 0 aliphatic carbocycles. The molecule has 2 aromatic rings. The molecule has 114 valence electrons. The molecule has 1 heterocycles. The third-order valence-corrected chi connectivity index (χ3v) is 3.73. The van der Waals surface area contributed by atoms with E-state index in [1.165, 1.54) is 19.2 Å². The molecule has 1 aromatic carbocycles. The van der Waals surface area contributed by atoms with E-state index in [4.69, 9.17) is 9.47 Å². The maximum Gasteiger partial charge on any atom is 0.349 e. The first-order valence-corrected chi connectivity index (χ1v) is 6.92. The van der Waals surface area contributed by atoms with Crippen molar-refractivity contribution >= 4 is 28.1 Å². The summed E-state index contributed by atoms with van der Waals surface area (Å²) in [5.74, 6) is -0.812. The van der Waals surface area contributed by atoms with Crippen LogP contribution in [0, 0.1) is 10.1 Å². The molecule has 0 atom stereocenters. The summed E-state index contributed by atoms with van der Waals surface area (Å²) in [6, 6.07) is 9.07. The van der Waals surface area contributed by atoms with Gasteiger partial charge in [-0.15, -0.1) is 0 Å². The van der Waals surface area contributed by atoms with E-state index in [0.717, 1.165) is 0 Å². The smallest absolute Gasteiger partial charge is 0.349 e. The highest BCUT2D eigenvalue weighted by atomic mass is 32.1. The lowest BCUT2D eigenvalue weighted by Crippen LogP contribution is -2.14. The van der Waals surface area contributed by atoms with E-state index in [-0.39, 0.29) is 9.88 Å². The van der Waals surface area contributed by atoms with Crippen LogP contribution in [0.25, 0.3) is 0 Å². The van der Waals surface area contributed by atoms with E-state index in [2.05, 4.69) is 0 Å². The van der Waals surface area contributed by atoms with Crippen molar-refractivity contribution in [2.24, 2.45) is 0 Å². The molecule has 0 aliphatic rings.